The second-order valence-electron chi connectivity index (χ2n) is 4.83. The number of nitriles is 1. The summed E-state index contributed by atoms with van der Waals surface area (Å²) in [6.45, 7) is 3.07. The minimum atomic E-state index is -0.373. The normalized spacial score (nSPS) is 29.4. The van der Waals surface area contributed by atoms with Crippen LogP contribution in [0.4, 0.5) is 0 Å². The Morgan fingerprint density at radius 3 is 2.69 bits per heavy atom. The lowest BCUT2D eigenvalue weighted by Crippen LogP contribution is -2.48. The SMILES string of the molecule is CC1CCC(CN)(C(=O)NCCC#N)CC1. The van der Waals surface area contributed by atoms with Gasteiger partial charge >= 0.3 is 0 Å². The number of hydrogen-bond donors (Lipinski definition) is 2. The summed E-state index contributed by atoms with van der Waals surface area (Å²) in [5, 5.41) is 11.2. The molecule has 0 aromatic heterocycles. The van der Waals surface area contributed by atoms with Gasteiger partial charge in [0.05, 0.1) is 17.9 Å². The Bertz CT molecular complexity index is 274. The zero-order chi connectivity index (χ0) is 12.0. The number of nitrogens with one attached hydrogen (secondary N) is 1. The topological polar surface area (TPSA) is 78.9 Å². The predicted molar refractivity (Wildman–Crippen MR) is 62.4 cm³/mol. The van der Waals surface area contributed by atoms with E-state index >= 15 is 0 Å². The molecule has 0 unspecified atom stereocenters. The Kier molecular flexibility index (Phi) is 4.75. The Labute approximate surface area is 97.2 Å². The number of amides is 1. The highest BCUT2D eigenvalue weighted by Crippen LogP contribution is 2.38. The summed E-state index contributed by atoms with van der Waals surface area (Å²) in [6.07, 6.45) is 4.26. The molecule has 1 aliphatic rings. The summed E-state index contributed by atoms with van der Waals surface area (Å²) in [4.78, 5) is 12.0. The molecule has 90 valence electrons. The quantitative estimate of drug-likeness (QED) is 0.702. The molecule has 0 saturated heterocycles. The number of carbonyl (C=O) groups is 1. The second kappa shape index (κ2) is 5.86. The van der Waals surface area contributed by atoms with Gasteiger partial charge in [0.1, 0.15) is 0 Å². The van der Waals surface area contributed by atoms with Crippen LogP contribution in [-0.4, -0.2) is 19.0 Å². The van der Waals surface area contributed by atoms with Crippen molar-refractivity contribution in [3.05, 3.63) is 0 Å². The van der Waals surface area contributed by atoms with Gasteiger partial charge in [-0.25, -0.2) is 0 Å². The van der Waals surface area contributed by atoms with Crippen molar-refractivity contribution in [2.45, 2.75) is 39.0 Å². The molecule has 3 N–H and O–H groups in total. The fourth-order valence-electron chi connectivity index (χ4n) is 2.26. The van der Waals surface area contributed by atoms with Crippen molar-refractivity contribution in [1.29, 1.82) is 5.26 Å². The Morgan fingerprint density at radius 1 is 1.56 bits per heavy atom. The first-order chi connectivity index (χ1) is 7.64. The van der Waals surface area contributed by atoms with Crippen LogP contribution in [0.25, 0.3) is 0 Å². The number of nitrogens with two attached hydrogens (primary N) is 1. The van der Waals surface area contributed by atoms with Crippen LogP contribution in [0.3, 0.4) is 0 Å². The fraction of sp³-hybridized carbons (Fsp3) is 0.833. The lowest BCUT2D eigenvalue weighted by atomic mass is 9.70. The molecule has 0 spiro atoms. The molecule has 1 saturated carbocycles. The van der Waals surface area contributed by atoms with Gasteiger partial charge in [0.15, 0.2) is 0 Å². The minimum Gasteiger partial charge on any atom is -0.355 e. The van der Waals surface area contributed by atoms with E-state index in [-0.39, 0.29) is 11.3 Å². The van der Waals surface area contributed by atoms with Crippen LogP contribution in [0.2, 0.25) is 0 Å². The molecule has 4 nitrogen and oxygen atoms in total. The van der Waals surface area contributed by atoms with Gasteiger partial charge < -0.3 is 11.1 Å². The summed E-state index contributed by atoms with van der Waals surface area (Å²) in [7, 11) is 0. The van der Waals surface area contributed by atoms with E-state index in [4.69, 9.17) is 11.0 Å². The molecule has 0 aromatic rings. The van der Waals surface area contributed by atoms with Gasteiger partial charge in [0.25, 0.3) is 0 Å². The van der Waals surface area contributed by atoms with Crippen LogP contribution in [0.5, 0.6) is 0 Å². The molecule has 16 heavy (non-hydrogen) atoms. The van der Waals surface area contributed by atoms with Gasteiger partial charge in [-0.2, -0.15) is 5.26 Å². The van der Waals surface area contributed by atoms with Crippen molar-refractivity contribution in [2.75, 3.05) is 13.1 Å². The van der Waals surface area contributed by atoms with Crippen LogP contribution < -0.4 is 11.1 Å². The third kappa shape index (κ3) is 2.96. The van der Waals surface area contributed by atoms with Crippen LogP contribution in [0.15, 0.2) is 0 Å². The third-order valence-electron chi connectivity index (χ3n) is 3.63. The van der Waals surface area contributed by atoms with Crippen molar-refractivity contribution < 1.29 is 4.79 Å². The Morgan fingerprint density at radius 2 is 2.19 bits per heavy atom. The van der Waals surface area contributed by atoms with Crippen molar-refractivity contribution >= 4 is 5.91 Å². The van der Waals surface area contributed by atoms with E-state index in [0.29, 0.717) is 25.4 Å². The maximum Gasteiger partial charge on any atom is 0.227 e. The van der Waals surface area contributed by atoms with Crippen molar-refractivity contribution in [1.82, 2.24) is 5.32 Å². The van der Waals surface area contributed by atoms with Crippen LogP contribution in [0, 0.1) is 22.7 Å². The molecule has 1 fully saturated rings. The summed E-state index contributed by atoms with van der Waals surface area (Å²) in [5.41, 5.74) is 5.39. The van der Waals surface area contributed by atoms with E-state index in [1.807, 2.05) is 6.07 Å². The monoisotopic (exact) mass is 223 g/mol. The van der Waals surface area contributed by atoms with Crippen molar-refractivity contribution in [3.63, 3.8) is 0 Å². The Hall–Kier alpha value is -1.08. The lowest BCUT2D eigenvalue weighted by molar-refractivity contribution is -0.132. The first kappa shape index (κ1) is 13.0. The van der Waals surface area contributed by atoms with Crippen LogP contribution in [-0.2, 0) is 4.79 Å². The summed E-state index contributed by atoms with van der Waals surface area (Å²) >= 11 is 0. The van der Waals surface area contributed by atoms with Crippen molar-refractivity contribution in [3.8, 4) is 6.07 Å². The van der Waals surface area contributed by atoms with E-state index in [1.54, 1.807) is 0 Å². The first-order valence-corrected chi connectivity index (χ1v) is 6.00. The van der Waals surface area contributed by atoms with Crippen molar-refractivity contribution in [2.24, 2.45) is 17.1 Å². The van der Waals surface area contributed by atoms with E-state index in [2.05, 4.69) is 12.2 Å². The molecule has 1 rings (SSSR count). The smallest absolute Gasteiger partial charge is 0.227 e. The summed E-state index contributed by atoms with van der Waals surface area (Å²) < 4.78 is 0. The molecule has 0 atom stereocenters. The summed E-state index contributed by atoms with van der Waals surface area (Å²) in [6, 6.07) is 2.02. The maximum absolute atomic E-state index is 12.0. The maximum atomic E-state index is 12.0. The molecular weight excluding hydrogens is 202 g/mol. The number of nitrogens with zero attached hydrogens (tertiary/aromatic N) is 1. The molecule has 1 amide bonds. The third-order valence-corrected chi connectivity index (χ3v) is 3.63. The molecule has 0 radical (unpaired) electrons. The van der Waals surface area contributed by atoms with Crippen LogP contribution >= 0.6 is 0 Å². The number of hydrogen-bond acceptors (Lipinski definition) is 3. The average Bonchev–Trinajstić information content (AvgIpc) is 2.31. The first-order valence-electron chi connectivity index (χ1n) is 6.00. The molecule has 1 aliphatic carbocycles. The minimum absolute atomic E-state index is 0.0390. The lowest BCUT2D eigenvalue weighted by Gasteiger charge is -2.37. The highest BCUT2D eigenvalue weighted by Gasteiger charge is 2.39. The number of rotatable bonds is 4. The molecule has 0 heterocycles. The fourth-order valence-corrected chi connectivity index (χ4v) is 2.26. The molecule has 0 bridgehead atoms. The van der Waals surface area contributed by atoms with Gasteiger partial charge in [0.2, 0.25) is 5.91 Å². The van der Waals surface area contributed by atoms with Crippen LogP contribution in [0.1, 0.15) is 39.0 Å². The molecular formula is C12H21N3O. The Balaban J connectivity index is 2.52. The van der Waals surface area contributed by atoms with Gasteiger partial charge in [-0.05, 0) is 31.6 Å². The largest absolute Gasteiger partial charge is 0.355 e. The van der Waals surface area contributed by atoms with Gasteiger partial charge in [0, 0.05) is 13.1 Å². The molecule has 0 aliphatic heterocycles. The van der Waals surface area contributed by atoms with Gasteiger partial charge in [-0.3, -0.25) is 4.79 Å². The number of carbonyl (C=O) groups excluding carboxylic acids is 1. The standard InChI is InChI=1S/C12H21N3O/c1-10-3-5-12(9-14,6-4-10)11(16)15-8-2-7-13/h10H,2-6,8-9,14H2,1H3,(H,15,16). The molecule has 0 aromatic carbocycles. The van der Waals surface area contributed by atoms with E-state index in [9.17, 15) is 4.79 Å². The van der Waals surface area contributed by atoms with E-state index in [1.165, 1.54) is 0 Å². The average molecular weight is 223 g/mol. The van der Waals surface area contributed by atoms with E-state index in [0.717, 1.165) is 25.7 Å². The zero-order valence-electron chi connectivity index (χ0n) is 9.96. The highest BCUT2D eigenvalue weighted by atomic mass is 16.2. The zero-order valence-corrected chi connectivity index (χ0v) is 9.96. The van der Waals surface area contributed by atoms with E-state index < -0.39 is 0 Å². The summed E-state index contributed by atoms with van der Waals surface area (Å²) in [5.74, 6) is 0.740. The van der Waals surface area contributed by atoms with Gasteiger partial charge in [-0.15, -0.1) is 0 Å². The van der Waals surface area contributed by atoms with Gasteiger partial charge in [-0.1, -0.05) is 6.92 Å². The highest BCUT2D eigenvalue weighted by molar-refractivity contribution is 5.83. The molecule has 4 heteroatoms. The predicted octanol–water partition coefficient (Wildman–Crippen LogP) is 1.17. The second-order valence-corrected chi connectivity index (χ2v) is 4.83.